The molecule has 0 N–H and O–H groups in total. The second-order valence-corrected chi connectivity index (χ2v) is 60.7. The first kappa shape index (κ1) is 117. The number of carbonyl (C=O) groups is 6. The van der Waals surface area contributed by atoms with Crippen molar-refractivity contribution >= 4 is 95.0 Å². The predicted octanol–water partition coefficient (Wildman–Crippen LogP) is 30.0. The quantitative estimate of drug-likeness (QED) is 0.0199. The Hall–Kier alpha value is -4.98. The molecular formula is C106H165Cl2F6N2O10PRuSi2. The van der Waals surface area contributed by atoms with E-state index in [-0.39, 0.29) is 60.7 Å². The van der Waals surface area contributed by atoms with Crippen LogP contribution in [0, 0.1) is 94.5 Å². The number of hydrogen-bond donors (Lipinski definition) is 0. The fourth-order valence-corrected chi connectivity index (χ4v) is 28.2. The summed E-state index contributed by atoms with van der Waals surface area (Å²) in [6.45, 7) is 66.3. The number of rotatable bonds is 25. The zero-order chi connectivity index (χ0) is 98.7. The summed E-state index contributed by atoms with van der Waals surface area (Å²) in [5, 5.41) is -0.197. The first-order chi connectivity index (χ1) is 60.1. The number of aryl methyl sites for hydroxylation is 6. The van der Waals surface area contributed by atoms with E-state index in [2.05, 4.69) is 163 Å². The Morgan fingerprint density at radius 2 is 1.15 bits per heavy atom. The summed E-state index contributed by atoms with van der Waals surface area (Å²) in [6.07, 6.45) is 16.9. The van der Waals surface area contributed by atoms with Gasteiger partial charge < -0.3 is 28.1 Å². The van der Waals surface area contributed by atoms with Crippen molar-refractivity contribution in [2.75, 3.05) is 22.9 Å². The maximum absolute atomic E-state index is 13.9. The molecule has 3 aliphatic carbocycles. The van der Waals surface area contributed by atoms with E-state index in [1.54, 1.807) is 157 Å². The fraction of sp³-hybridized carbons (Fsp3) is 0.660. The Balaban J connectivity index is 0.000000360. The first-order valence-electron chi connectivity index (χ1n) is 47.6. The Morgan fingerprint density at radius 3 is 1.54 bits per heavy atom. The van der Waals surface area contributed by atoms with Crippen LogP contribution in [0.1, 0.15) is 298 Å². The van der Waals surface area contributed by atoms with E-state index in [9.17, 15) is 55.1 Å². The van der Waals surface area contributed by atoms with Crippen LogP contribution in [0.3, 0.4) is 0 Å². The van der Waals surface area contributed by atoms with Gasteiger partial charge in [-0.05, 0) is 227 Å². The second-order valence-electron chi connectivity index (χ2n) is 42.0. The van der Waals surface area contributed by atoms with Crippen LogP contribution in [0.25, 0.3) is 0 Å². The monoisotopic (exact) mass is 2000 g/mol. The molecule has 3 aromatic rings. The van der Waals surface area contributed by atoms with Crippen molar-refractivity contribution in [3.63, 3.8) is 0 Å². The van der Waals surface area contributed by atoms with Crippen molar-refractivity contribution in [2.45, 2.75) is 391 Å². The van der Waals surface area contributed by atoms with Gasteiger partial charge >= 0.3 is 97.7 Å². The van der Waals surface area contributed by atoms with Gasteiger partial charge in [0.1, 0.15) is 11.6 Å². The second kappa shape index (κ2) is 52.5. The fourth-order valence-electron chi connectivity index (χ4n) is 18.3. The minimum absolute atomic E-state index is 0.0465. The third kappa shape index (κ3) is 36.2. The molecule has 130 heavy (non-hydrogen) atoms. The van der Waals surface area contributed by atoms with Crippen LogP contribution in [-0.2, 0) is 60.6 Å². The summed E-state index contributed by atoms with van der Waals surface area (Å²) in [5.41, 5.74) is 12.1. The van der Waals surface area contributed by atoms with E-state index in [0.717, 1.165) is 43.8 Å². The van der Waals surface area contributed by atoms with E-state index >= 15 is 0 Å². The third-order valence-corrected chi connectivity index (χ3v) is 44.2. The standard InChI is InChI=1S/C31H51F3O5Si.C29H47F3O5Si.C21H27N2.C18H33P.C7H6.2ClH.Ru/c1-14-16-24(31(32,33)34)17-18-25(23(6)35)38-26(36)19-21(4)30(10,11)28(37)22(5)27(20(3)15-2)39-40(12,13)29(7,8)9;1-18-13-12-14-22(29(30,31)32)15-16-23(21(4)33)36-24(34)17-19(2)28(8,9)26(35)20(3)25(18)37-38(10,11)27(5,6)7;1-14-9-16(3)20(17(4)10-14)22-7-8-23(13-22)21-18(5)11-15(2)12-19(21)6;1-4-10-16(11-5-1)19(17-12-6-2-7-13-17)18-14-8-3-9-15-18;1-7-5-3-2-4-6-7;;;/h14-15,17,20-22,25,27H,1-2,16,18-19H2,3-13H3;12-13,15,18-20,23,25H,14,16-17H2,1-11H3;9-13H,7-8H2,1-6H3;16-18H,1-15H2;1-6H;2*1H;/q;;-1;;;;;+2/p-1/b24-17+;13-12+,22-15+;;;;;;/t20-,21-,22+,25-,27-;18-,19-,20+,23-,25-;;;;;;/m00....../s1. The molecule has 1 saturated heterocycles. The Kier molecular flexibility index (Phi) is 47.4. The van der Waals surface area contributed by atoms with E-state index in [4.69, 9.17) is 37.7 Å². The predicted molar refractivity (Wildman–Crippen MR) is 536 cm³/mol. The summed E-state index contributed by atoms with van der Waals surface area (Å²) in [6, 6.07) is 19.0. The van der Waals surface area contributed by atoms with E-state index in [1.165, 1.54) is 74.7 Å². The molecule has 0 unspecified atom stereocenters. The molecule has 0 aromatic heterocycles. The van der Waals surface area contributed by atoms with Gasteiger partial charge in [0.15, 0.2) is 40.4 Å². The molecule has 12 nitrogen and oxygen atoms in total. The molecule has 24 heteroatoms. The van der Waals surface area contributed by atoms with Crippen LogP contribution >= 0.6 is 27.3 Å². The van der Waals surface area contributed by atoms with Crippen molar-refractivity contribution in [3.8, 4) is 0 Å². The van der Waals surface area contributed by atoms with Gasteiger partial charge in [-0.25, -0.2) is 0 Å². The summed E-state index contributed by atoms with van der Waals surface area (Å²) >= 11 is -1.61. The number of Topliss-reactive ketones (excluding diaryl/α,β-unsaturated/α-hetero) is 4. The molecule has 0 spiro atoms. The maximum atomic E-state index is 13.9. The van der Waals surface area contributed by atoms with Gasteiger partial charge in [0.25, 0.3) is 0 Å². The molecule has 5 aliphatic rings. The molecule has 736 valence electrons. The molecule has 0 radical (unpaired) electrons. The number of nitrogens with zero attached hydrogens (tertiary/aromatic N) is 2. The number of cyclic esters (lactones) is 1. The van der Waals surface area contributed by atoms with Crippen molar-refractivity contribution < 1.29 is 87.0 Å². The van der Waals surface area contributed by atoms with Crippen molar-refractivity contribution in [1.29, 1.82) is 0 Å². The topological polar surface area (TPSA) is 146 Å². The number of halogens is 8. The number of allylic oxidation sites excluding steroid dienone is 4. The van der Waals surface area contributed by atoms with Gasteiger partial charge in [-0.3, -0.25) is 28.8 Å². The summed E-state index contributed by atoms with van der Waals surface area (Å²) in [4.78, 5) is 82.1. The molecule has 10 atom stereocenters. The number of ketones is 4. The van der Waals surface area contributed by atoms with E-state index in [0.29, 0.717) is 0 Å². The molecule has 2 aliphatic heterocycles. The van der Waals surface area contributed by atoms with Crippen LogP contribution in [-0.4, -0.2) is 123 Å². The van der Waals surface area contributed by atoms with Crippen LogP contribution in [0.15, 0.2) is 115 Å². The number of ether oxygens (including phenoxy) is 2. The third-order valence-electron chi connectivity index (χ3n) is 28.8. The van der Waals surface area contributed by atoms with Crippen molar-refractivity contribution in [2.24, 2.45) is 46.3 Å². The number of benzene rings is 3. The Bertz CT molecular complexity index is 4150. The number of carbonyl (C=O) groups excluding carboxylic acids is 6. The molecule has 8 rings (SSSR count). The SMILES string of the molecule is C1CCC([PH+](C2CCCCC2)C2CCCCC2)CC1.C=CC/C(=C\C[C@H](OC(=O)C[C@H](C)C(C)(C)C(=O)[C@H](C)[C@@H](O[Si](C)(C)C(C)(C)C)[C@@H](C)C=C)C(C)=O)C(F)(F)F.CC(=O)[C@@H]1C/C=C(/C(F)(F)F)C/C=C/[C@H](C)[C@H](O[Si](C)(C)C(C)(C)C)[C@@H](C)C(=O)C(C)(C)[C@@H](C)CC(=O)O1.Cc1cc(C)c(N2[CH-]N(c3c(C)cc(C)cc3C)CC2)c(C)c1.[Cl][Ru]([Cl])=[CH]c1ccccc1. The molecule has 4 fully saturated rings. The average molecular weight is 2000 g/mol. The Labute approximate surface area is 797 Å². The zero-order valence-corrected chi connectivity index (χ0v) is 90.6. The first-order valence-corrected chi connectivity index (χ1v) is 60.6. The van der Waals surface area contributed by atoms with Crippen molar-refractivity contribution in [3.05, 3.63) is 161 Å². The van der Waals surface area contributed by atoms with Crippen LogP contribution in [0.4, 0.5) is 37.7 Å². The van der Waals surface area contributed by atoms with Crippen LogP contribution < -0.4 is 9.80 Å². The van der Waals surface area contributed by atoms with Gasteiger partial charge in [-0.15, -0.1) is 13.2 Å². The van der Waals surface area contributed by atoms with E-state index < -0.39 is 155 Å². The van der Waals surface area contributed by atoms with Gasteiger partial charge in [0.05, 0.1) is 29.2 Å². The number of esters is 2. The minimum atomic E-state index is -4.61. The summed E-state index contributed by atoms with van der Waals surface area (Å²) in [5.74, 6) is -5.14. The molecular weight excluding hydrogens is 1830 g/mol. The number of alkyl halides is 6. The molecule has 3 aromatic carbocycles. The number of hydrogen-bond acceptors (Lipinski definition) is 12. The summed E-state index contributed by atoms with van der Waals surface area (Å²) < 4.78 is 107. The normalized spacial score (nSPS) is 22.1. The van der Waals surface area contributed by atoms with Crippen molar-refractivity contribution in [1.82, 2.24) is 0 Å². The van der Waals surface area contributed by atoms with Crippen LogP contribution in [0.2, 0.25) is 36.3 Å². The van der Waals surface area contributed by atoms with Gasteiger partial charge in [0, 0.05) is 91.9 Å². The van der Waals surface area contributed by atoms with Gasteiger partial charge in [-0.2, -0.15) is 33.0 Å². The van der Waals surface area contributed by atoms with Gasteiger partial charge in [0.2, 0.25) is 0 Å². The zero-order valence-electron chi connectivity index (χ0n) is 84.4. The van der Waals surface area contributed by atoms with Crippen LogP contribution in [0.5, 0.6) is 0 Å². The van der Waals surface area contributed by atoms with Gasteiger partial charge in [-0.1, -0.05) is 202 Å². The average Bonchev–Trinajstić information content (AvgIpc) is 1.60. The molecule has 0 amide bonds. The Morgan fingerprint density at radius 1 is 0.692 bits per heavy atom. The number of anilines is 2. The molecule has 0 bridgehead atoms. The molecule has 3 saturated carbocycles. The summed E-state index contributed by atoms with van der Waals surface area (Å²) in [7, 11) is 6.72. The molecule has 2 heterocycles. The van der Waals surface area contributed by atoms with E-state index in [1.807, 2.05) is 55.7 Å².